The van der Waals surface area contributed by atoms with Crippen molar-refractivity contribution in [2.24, 2.45) is 5.92 Å². The summed E-state index contributed by atoms with van der Waals surface area (Å²) in [4.78, 5) is 17.4. The lowest BCUT2D eigenvalue weighted by Gasteiger charge is -2.37. The Labute approximate surface area is 113 Å². The number of aromatic amines is 1. The number of carbonyl (C=O) groups is 1. The van der Waals surface area contributed by atoms with Crippen molar-refractivity contribution in [2.75, 3.05) is 6.54 Å². The van der Waals surface area contributed by atoms with Gasteiger partial charge in [0.2, 0.25) is 5.91 Å². The standard InChI is InChI=1S/C16H20N2O/c1-10(2)16-15-13(8-9-18(16)11(3)19)12-6-4-5-7-14(12)17-15/h4-7,10,16-17H,8-9H2,1-3H3/t16-/m1/s1. The molecule has 19 heavy (non-hydrogen) atoms. The number of fused-ring (bicyclic) bond motifs is 3. The van der Waals surface area contributed by atoms with Crippen LogP contribution >= 0.6 is 0 Å². The molecule has 100 valence electrons. The summed E-state index contributed by atoms with van der Waals surface area (Å²) in [5, 5.41) is 1.31. The topological polar surface area (TPSA) is 36.1 Å². The molecule has 1 amide bonds. The highest BCUT2D eigenvalue weighted by atomic mass is 16.2. The minimum atomic E-state index is 0.169. The summed E-state index contributed by atoms with van der Waals surface area (Å²) in [6.07, 6.45) is 0.947. The van der Waals surface area contributed by atoms with Crippen molar-refractivity contribution in [1.82, 2.24) is 9.88 Å². The van der Waals surface area contributed by atoms with Crippen LogP contribution in [-0.2, 0) is 11.2 Å². The van der Waals surface area contributed by atoms with E-state index in [1.165, 1.54) is 22.2 Å². The third-order valence-electron chi connectivity index (χ3n) is 4.12. The molecule has 1 aromatic heterocycles. The van der Waals surface area contributed by atoms with Crippen LogP contribution in [0.3, 0.4) is 0 Å². The van der Waals surface area contributed by atoms with Crippen LogP contribution < -0.4 is 0 Å². The molecule has 1 aliphatic rings. The highest BCUT2D eigenvalue weighted by Gasteiger charge is 2.33. The molecule has 0 saturated carbocycles. The first-order valence-electron chi connectivity index (χ1n) is 6.96. The van der Waals surface area contributed by atoms with Gasteiger partial charge in [0.15, 0.2) is 0 Å². The van der Waals surface area contributed by atoms with Crippen LogP contribution in [0.1, 0.15) is 38.1 Å². The van der Waals surface area contributed by atoms with E-state index in [0.29, 0.717) is 5.92 Å². The summed E-state index contributed by atoms with van der Waals surface area (Å²) < 4.78 is 0. The molecule has 1 aromatic carbocycles. The van der Waals surface area contributed by atoms with Gasteiger partial charge in [-0.15, -0.1) is 0 Å². The molecule has 0 radical (unpaired) electrons. The maximum absolute atomic E-state index is 11.9. The maximum Gasteiger partial charge on any atom is 0.220 e. The van der Waals surface area contributed by atoms with Gasteiger partial charge in [0, 0.05) is 30.1 Å². The zero-order valence-electron chi connectivity index (χ0n) is 11.7. The molecule has 1 atom stereocenters. The SMILES string of the molecule is CC(=O)N1CCc2c([nH]c3ccccc23)[C@H]1C(C)C. The Bertz CT molecular complexity index is 627. The lowest BCUT2D eigenvalue weighted by molar-refractivity contribution is -0.132. The molecule has 1 aliphatic heterocycles. The fourth-order valence-corrected chi connectivity index (χ4v) is 3.32. The molecule has 2 heterocycles. The summed E-state index contributed by atoms with van der Waals surface area (Å²) in [6.45, 7) is 6.86. The van der Waals surface area contributed by atoms with Crippen LogP contribution in [-0.4, -0.2) is 22.3 Å². The molecule has 0 fully saturated rings. The largest absolute Gasteiger partial charge is 0.356 e. The van der Waals surface area contributed by atoms with E-state index in [-0.39, 0.29) is 11.9 Å². The molecule has 2 aromatic rings. The third-order valence-corrected chi connectivity index (χ3v) is 4.12. The van der Waals surface area contributed by atoms with E-state index >= 15 is 0 Å². The number of benzene rings is 1. The zero-order chi connectivity index (χ0) is 13.6. The molecule has 0 spiro atoms. The van der Waals surface area contributed by atoms with Crippen LogP contribution in [0.15, 0.2) is 24.3 Å². The third kappa shape index (κ3) is 1.84. The van der Waals surface area contributed by atoms with Gasteiger partial charge in [-0.2, -0.15) is 0 Å². The number of hydrogen-bond donors (Lipinski definition) is 1. The van der Waals surface area contributed by atoms with Crippen molar-refractivity contribution in [3.63, 3.8) is 0 Å². The Morgan fingerprint density at radius 2 is 2.11 bits per heavy atom. The Kier molecular flexibility index (Phi) is 2.85. The molecular formula is C16H20N2O. The average Bonchev–Trinajstić information content (AvgIpc) is 2.75. The number of nitrogens with one attached hydrogen (secondary N) is 1. The number of H-pyrrole nitrogens is 1. The van der Waals surface area contributed by atoms with Crippen molar-refractivity contribution in [3.8, 4) is 0 Å². The minimum absolute atomic E-state index is 0.169. The molecule has 0 unspecified atom stereocenters. The number of amides is 1. The molecular weight excluding hydrogens is 236 g/mol. The van der Waals surface area contributed by atoms with Crippen LogP contribution in [0, 0.1) is 5.92 Å². The Hall–Kier alpha value is -1.77. The number of para-hydroxylation sites is 1. The van der Waals surface area contributed by atoms with Gasteiger partial charge in [0.1, 0.15) is 0 Å². The summed E-state index contributed by atoms with van der Waals surface area (Å²) >= 11 is 0. The van der Waals surface area contributed by atoms with Crippen LogP contribution in [0.25, 0.3) is 10.9 Å². The second-order valence-corrected chi connectivity index (χ2v) is 5.71. The highest BCUT2D eigenvalue weighted by molar-refractivity contribution is 5.86. The average molecular weight is 256 g/mol. The van der Waals surface area contributed by atoms with Gasteiger partial charge in [-0.1, -0.05) is 32.0 Å². The van der Waals surface area contributed by atoms with Crippen molar-refractivity contribution < 1.29 is 4.79 Å². The second kappa shape index (κ2) is 4.41. The summed E-state index contributed by atoms with van der Waals surface area (Å²) in [6, 6.07) is 8.60. The Morgan fingerprint density at radius 1 is 1.37 bits per heavy atom. The molecule has 3 nitrogen and oxygen atoms in total. The van der Waals surface area contributed by atoms with Gasteiger partial charge in [0.05, 0.1) is 6.04 Å². The molecule has 0 bridgehead atoms. The number of aromatic nitrogens is 1. The molecule has 3 rings (SSSR count). The van der Waals surface area contributed by atoms with Crippen molar-refractivity contribution in [1.29, 1.82) is 0 Å². The summed E-state index contributed by atoms with van der Waals surface area (Å²) in [7, 11) is 0. The van der Waals surface area contributed by atoms with E-state index in [4.69, 9.17) is 0 Å². The molecule has 0 aliphatic carbocycles. The maximum atomic E-state index is 11.9. The number of rotatable bonds is 1. The predicted molar refractivity (Wildman–Crippen MR) is 77.0 cm³/mol. The van der Waals surface area contributed by atoms with E-state index in [9.17, 15) is 4.79 Å². The summed E-state index contributed by atoms with van der Waals surface area (Å²) in [5.74, 6) is 0.582. The normalized spacial score (nSPS) is 18.9. The van der Waals surface area contributed by atoms with Crippen LogP contribution in [0.4, 0.5) is 0 Å². The Morgan fingerprint density at radius 3 is 2.79 bits per heavy atom. The predicted octanol–water partition coefficient (Wildman–Crippen LogP) is 3.27. The number of carbonyl (C=O) groups excluding carboxylic acids is 1. The summed E-state index contributed by atoms with van der Waals surface area (Å²) in [5.41, 5.74) is 3.81. The van der Waals surface area contributed by atoms with Crippen molar-refractivity contribution in [2.45, 2.75) is 33.2 Å². The number of nitrogens with zero attached hydrogens (tertiary/aromatic N) is 1. The van der Waals surface area contributed by atoms with Crippen molar-refractivity contribution >= 4 is 16.8 Å². The first-order valence-corrected chi connectivity index (χ1v) is 6.96. The number of hydrogen-bond acceptors (Lipinski definition) is 1. The first-order chi connectivity index (χ1) is 9.09. The van der Waals surface area contributed by atoms with E-state index < -0.39 is 0 Å². The first kappa shape index (κ1) is 12.3. The zero-order valence-corrected chi connectivity index (χ0v) is 11.7. The van der Waals surface area contributed by atoms with E-state index in [1.54, 1.807) is 6.92 Å². The molecule has 1 N–H and O–H groups in total. The van der Waals surface area contributed by atoms with Crippen LogP contribution in [0.5, 0.6) is 0 Å². The van der Waals surface area contributed by atoms with Crippen molar-refractivity contribution in [3.05, 3.63) is 35.5 Å². The monoisotopic (exact) mass is 256 g/mol. The Balaban J connectivity index is 2.18. The van der Waals surface area contributed by atoms with E-state index in [1.807, 2.05) is 4.90 Å². The van der Waals surface area contributed by atoms with Gasteiger partial charge < -0.3 is 9.88 Å². The minimum Gasteiger partial charge on any atom is -0.356 e. The molecule has 3 heteroatoms. The van der Waals surface area contributed by atoms with Gasteiger partial charge >= 0.3 is 0 Å². The van der Waals surface area contributed by atoms with E-state index in [2.05, 4.69) is 43.1 Å². The van der Waals surface area contributed by atoms with E-state index in [0.717, 1.165) is 13.0 Å². The van der Waals surface area contributed by atoms with Gasteiger partial charge in [-0.25, -0.2) is 0 Å². The smallest absolute Gasteiger partial charge is 0.220 e. The lowest BCUT2D eigenvalue weighted by Crippen LogP contribution is -2.41. The molecule has 0 saturated heterocycles. The van der Waals surface area contributed by atoms with Crippen LogP contribution in [0.2, 0.25) is 0 Å². The fourth-order valence-electron chi connectivity index (χ4n) is 3.32. The fraction of sp³-hybridized carbons (Fsp3) is 0.438. The quantitative estimate of drug-likeness (QED) is 0.835. The van der Waals surface area contributed by atoms with Gasteiger partial charge in [0.25, 0.3) is 0 Å². The van der Waals surface area contributed by atoms with Gasteiger partial charge in [-0.05, 0) is 24.0 Å². The lowest BCUT2D eigenvalue weighted by atomic mass is 9.90. The van der Waals surface area contributed by atoms with Gasteiger partial charge in [-0.3, -0.25) is 4.79 Å². The second-order valence-electron chi connectivity index (χ2n) is 5.71. The highest BCUT2D eigenvalue weighted by Crippen LogP contribution is 2.38.